The van der Waals surface area contributed by atoms with E-state index < -0.39 is 10.0 Å². The molecule has 232 valence electrons. The molecule has 1 aromatic heterocycles. The Balaban J connectivity index is 1.67. The third kappa shape index (κ3) is 8.26. The normalized spacial score (nSPS) is 11.5. The van der Waals surface area contributed by atoms with Crippen LogP contribution in [0.1, 0.15) is 40.9 Å². The van der Waals surface area contributed by atoms with Gasteiger partial charge in [0.1, 0.15) is 12.4 Å². The van der Waals surface area contributed by atoms with Crippen LogP contribution in [0.15, 0.2) is 83.5 Å². The molecule has 9 heteroatoms. The summed E-state index contributed by atoms with van der Waals surface area (Å²) in [7, 11) is -1.65. The number of ether oxygens (including phenoxy) is 3. The molecule has 4 rings (SSSR count). The second-order valence-electron chi connectivity index (χ2n) is 10.5. The van der Waals surface area contributed by atoms with Gasteiger partial charge < -0.3 is 14.2 Å². The quantitative estimate of drug-likeness (QED) is 0.104. The van der Waals surface area contributed by atoms with Gasteiger partial charge in [0.2, 0.25) is 0 Å². The van der Waals surface area contributed by atoms with E-state index in [0.29, 0.717) is 36.8 Å². The average Bonchev–Trinajstić information content (AvgIpc) is 3.01. The minimum Gasteiger partial charge on any atom is -0.491 e. The first kappa shape index (κ1) is 33.2. The number of hydrogen-bond acceptors (Lipinski definition) is 6. The van der Waals surface area contributed by atoms with Crippen LogP contribution in [0.4, 0.5) is 5.69 Å². The molecule has 0 unspecified atom stereocenters. The first-order valence-corrected chi connectivity index (χ1v) is 17.1. The van der Waals surface area contributed by atoms with Crippen molar-refractivity contribution in [1.29, 1.82) is 0 Å². The van der Waals surface area contributed by atoms with Crippen LogP contribution in [0, 0.1) is 20.8 Å². The zero-order valence-corrected chi connectivity index (χ0v) is 27.7. The van der Waals surface area contributed by atoms with Gasteiger partial charge in [-0.3, -0.25) is 9.10 Å². The van der Waals surface area contributed by atoms with Gasteiger partial charge >= 0.3 is 5.97 Å². The van der Waals surface area contributed by atoms with Crippen molar-refractivity contribution in [2.75, 3.05) is 31.2 Å². The molecule has 1 heterocycles. The summed E-state index contributed by atoms with van der Waals surface area (Å²) in [5.74, 6) is 2.44. The molecule has 0 saturated carbocycles. The van der Waals surface area contributed by atoms with Gasteiger partial charge in [0.25, 0.3) is 10.0 Å². The molecule has 0 bridgehead atoms. The Kier molecular flexibility index (Phi) is 11.6. The number of anilines is 1. The molecule has 0 atom stereocenters. The summed E-state index contributed by atoms with van der Waals surface area (Å²) in [6.45, 7) is 9.76. The van der Waals surface area contributed by atoms with Gasteiger partial charge in [0, 0.05) is 13.0 Å². The lowest BCUT2D eigenvalue weighted by molar-refractivity contribution is -0.140. The van der Waals surface area contributed by atoms with Gasteiger partial charge in [-0.05, 0) is 115 Å². The molecule has 0 aliphatic rings. The van der Waals surface area contributed by atoms with E-state index >= 15 is 0 Å². The summed E-state index contributed by atoms with van der Waals surface area (Å²) in [4.78, 5) is 11.9. The monoisotopic (exact) mass is 633 g/mol. The van der Waals surface area contributed by atoms with Crippen molar-refractivity contribution in [3.63, 3.8) is 0 Å². The maximum Gasteiger partial charge on any atom is 0.305 e. The summed E-state index contributed by atoms with van der Waals surface area (Å²) < 4.78 is 45.9. The van der Waals surface area contributed by atoms with E-state index in [2.05, 4.69) is 26.0 Å². The van der Waals surface area contributed by atoms with E-state index in [1.54, 1.807) is 24.3 Å². The number of carbonyl (C=O) groups is 1. The van der Waals surface area contributed by atoms with Crippen molar-refractivity contribution in [2.45, 2.75) is 52.0 Å². The van der Waals surface area contributed by atoms with Gasteiger partial charge in [-0.25, -0.2) is 8.42 Å². The van der Waals surface area contributed by atoms with Gasteiger partial charge in [0.15, 0.2) is 0 Å². The molecular weight excluding hydrogens is 593 g/mol. The van der Waals surface area contributed by atoms with E-state index in [9.17, 15) is 13.2 Å². The second-order valence-corrected chi connectivity index (χ2v) is 13.6. The zero-order valence-electron chi connectivity index (χ0n) is 26.0. The van der Waals surface area contributed by atoms with Crippen molar-refractivity contribution in [3.05, 3.63) is 106 Å². The van der Waals surface area contributed by atoms with Gasteiger partial charge in [-0.2, -0.15) is 0 Å². The molecule has 4 aromatic rings. The fourth-order valence-electron chi connectivity index (χ4n) is 5.17. The Bertz CT molecular complexity index is 1660. The molecule has 0 radical (unpaired) electrons. The summed E-state index contributed by atoms with van der Waals surface area (Å²) in [5.41, 5.74) is 6.59. The van der Waals surface area contributed by atoms with Crippen molar-refractivity contribution in [2.24, 2.45) is 0 Å². The SMILES string of the molecule is CCOCCOc1cc(C)c(-c2cccc(CN(c3ccc(CCC(=O)OC)cc3)S(=O)(=O)c3cccpc3C)c2)c(C)c1. The van der Waals surface area contributed by atoms with Crippen LogP contribution in [0.2, 0.25) is 0 Å². The standard InChI is InChI=1S/C35H40NO6PS/c1-6-41-18-19-42-32-21-25(2)35(26(3)22-32)30-10-7-9-29(23-30)24-36(44(38,39)33-11-8-20-43-27(33)4)31-15-12-28(13-16-31)14-17-34(37)40-5/h7-13,15-16,20-23H,6,14,17-19,24H2,1-5H3. The van der Waals surface area contributed by atoms with Crippen LogP contribution in [0.25, 0.3) is 11.1 Å². The minimum atomic E-state index is -3.88. The van der Waals surface area contributed by atoms with Crippen LogP contribution in [0.3, 0.4) is 0 Å². The molecule has 0 aliphatic carbocycles. The third-order valence-electron chi connectivity index (χ3n) is 7.34. The molecule has 3 aromatic carbocycles. The lowest BCUT2D eigenvalue weighted by atomic mass is 9.94. The first-order valence-electron chi connectivity index (χ1n) is 14.6. The molecule has 0 aliphatic heterocycles. The molecule has 0 amide bonds. The number of rotatable bonds is 14. The predicted octanol–water partition coefficient (Wildman–Crippen LogP) is 7.78. The number of nitrogens with zero attached hydrogens (tertiary/aromatic N) is 1. The Morgan fingerprint density at radius 1 is 0.886 bits per heavy atom. The lowest BCUT2D eigenvalue weighted by Crippen LogP contribution is -2.31. The third-order valence-corrected chi connectivity index (χ3v) is 10.4. The van der Waals surface area contributed by atoms with Crippen molar-refractivity contribution in [1.82, 2.24) is 0 Å². The highest BCUT2D eigenvalue weighted by molar-refractivity contribution is 7.93. The summed E-state index contributed by atoms with van der Waals surface area (Å²) in [5, 5.41) is 0.774. The maximum absolute atomic E-state index is 14.2. The Morgan fingerprint density at radius 3 is 2.27 bits per heavy atom. The number of methoxy groups -OCH3 is 1. The van der Waals surface area contributed by atoms with Crippen molar-refractivity contribution >= 4 is 29.9 Å². The fourth-order valence-corrected chi connectivity index (χ4v) is 7.85. The Hall–Kier alpha value is -3.71. The molecule has 44 heavy (non-hydrogen) atoms. The highest BCUT2D eigenvalue weighted by Gasteiger charge is 2.27. The summed E-state index contributed by atoms with van der Waals surface area (Å²) in [6.07, 6.45) is 0.773. The number of hydrogen-bond donors (Lipinski definition) is 0. The molecule has 0 saturated heterocycles. The number of esters is 1. The van der Waals surface area contributed by atoms with Crippen molar-refractivity contribution < 1.29 is 27.4 Å². The van der Waals surface area contributed by atoms with Gasteiger partial charge in [0.05, 0.1) is 30.8 Å². The van der Waals surface area contributed by atoms with E-state index in [4.69, 9.17) is 14.2 Å². The number of sulfonamides is 1. The van der Waals surface area contributed by atoms with Crippen LogP contribution >= 0.6 is 8.19 Å². The van der Waals surface area contributed by atoms with Gasteiger partial charge in [-0.1, -0.05) is 44.6 Å². The molecule has 0 spiro atoms. The fraction of sp³-hybridized carbons (Fsp3) is 0.314. The molecule has 0 fully saturated rings. The zero-order chi connectivity index (χ0) is 31.7. The van der Waals surface area contributed by atoms with E-state index in [-0.39, 0.29) is 18.9 Å². The topological polar surface area (TPSA) is 82.1 Å². The van der Waals surface area contributed by atoms with Crippen LogP contribution in [-0.4, -0.2) is 41.3 Å². The smallest absolute Gasteiger partial charge is 0.305 e. The van der Waals surface area contributed by atoms with Crippen LogP contribution in [-0.2, 0) is 37.3 Å². The molecular formula is C35H40NO6PS. The van der Waals surface area contributed by atoms with E-state index in [0.717, 1.165) is 52.6 Å². The first-order chi connectivity index (χ1) is 21.1. The number of carbonyl (C=O) groups excluding carboxylic acids is 1. The number of benzene rings is 3. The van der Waals surface area contributed by atoms with E-state index in [1.165, 1.54) is 11.4 Å². The van der Waals surface area contributed by atoms with E-state index in [1.807, 2.05) is 56.0 Å². The molecule has 7 nitrogen and oxygen atoms in total. The second kappa shape index (κ2) is 15.3. The van der Waals surface area contributed by atoms with Crippen LogP contribution in [0.5, 0.6) is 5.75 Å². The maximum atomic E-state index is 14.2. The lowest BCUT2D eigenvalue weighted by Gasteiger charge is -2.26. The molecule has 0 N–H and O–H groups in total. The Labute approximate surface area is 263 Å². The summed E-state index contributed by atoms with van der Waals surface area (Å²) >= 11 is 0. The highest BCUT2D eigenvalue weighted by atomic mass is 32.2. The largest absolute Gasteiger partial charge is 0.491 e. The highest BCUT2D eigenvalue weighted by Crippen LogP contribution is 2.34. The number of aryl methyl sites for hydroxylation is 4. The predicted molar refractivity (Wildman–Crippen MR) is 177 cm³/mol. The average molecular weight is 634 g/mol. The van der Waals surface area contributed by atoms with Crippen LogP contribution < -0.4 is 9.04 Å². The van der Waals surface area contributed by atoms with Crippen molar-refractivity contribution in [3.8, 4) is 16.9 Å². The summed E-state index contributed by atoms with van der Waals surface area (Å²) in [6, 6.07) is 22.9. The van der Waals surface area contributed by atoms with Gasteiger partial charge in [-0.15, -0.1) is 0 Å². The minimum absolute atomic E-state index is 0.152. The Morgan fingerprint density at radius 2 is 1.61 bits per heavy atom.